The number of piperidine rings is 1. The number of rotatable bonds is 5. The van der Waals surface area contributed by atoms with E-state index < -0.39 is 5.97 Å². The molecule has 0 bridgehead atoms. The zero-order chi connectivity index (χ0) is 11.3. The molecule has 0 aromatic heterocycles. The van der Waals surface area contributed by atoms with Gasteiger partial charge in [0.2, 0.25) is 0 Å². The van der Waals surface area contributed by atoms with Crippen molar-refractivity contribution in [2.75, 3.05) is 19.6 Å². The van der Waals surface area contributed by atoms with Crippen LogP contribution in [-0.4, -0.2) is 47.7 Å². The number of nitrogens with one attached hydrogen (secondary N) is 1. The molecule has 4 heteroatoms. The molecule has 0 saturated carbocycles. The van der Waals surface area contributed by atoms with Crippen molar-refractivity contribution in [2.45, 2.75) is 45.2 Å². The second-order valence-electron chi connectivity index (χ2n) is 4.25. The van der Waals surface area contributed by atoms with Crippen molar-refractivity contribution in [3.05, 3.63) is 0 Å². The van der Waals surface area contributed by atoms with Crippen LogP contribution >= 0.6 is 0 Å². The molecule has 1 aliphatic heterocycles. The number of carbonyl (C=O) groups is 1. The second-order valence-corrected chi connectivity index (χ2v) is 4.25. The van der Waals surface area contributed by atoms with Crippen molar-refractivity contribution in [3.63, 3.8) is 0 Å². The van der Waals surface area contributed by atoms with Crippen molar-refractivity contribution in [1.29, 1.82) is 0 Å². The smallest absolute Gasteiger partial charge is 0.320 e. The summed E-state index contributed by atoms with van der Waals surface area (Å²) in [4.78, 5) is 12.9. The highest BCUT2D eigenvalue weighted by molar-refractivity contribution is 5.72. The Morgan fingerprint density at radius 2 is 2.33 bits per heavy atom. The fraction of sp³-hybridized carbons (Fsp3) is 0.909. The van der Waals surface area contributed by atoms with Gasteiger partial charge in [0.05, 0.1) is 0 Å². The lowest BCUT2D eigenvalue weighted by molar-refractivity contribution is -0.142. The summed E-state index contributed by atoms with van der Waals surface area (Å²) in [6, 6.07) is 0.0965. The van der Waals surface area contributed by atoms with Crippen LogP contribution in [0, 0.1) is 0 Å². The van der Waals surface area contributed by atoms with Crippen molar-refractivity contribution in [1.82, 2.24) is 10.2 Å². The van der Waals surface area contributed by atoms with Crippen LogP contribution in [0.2, 0.25) is 0 Å². The van der Waals surface area contributed by atoms with E-state index in [9.17, 15) is 4.79 Å². The van der Waals surface area contributed by atoms with E-state index in [-0.39, 0.29) is 6.04 Å². The molecule has 2 N–H and O–H groups in total. The SMILES string of the molecule is CCN(CC1CCCCN1)C(C)C(=O)O. The largest absolute Gasteiger partial charge is 0.480 e. The Hall–Kier alpha value is -0.610. The molecule has 1 heterocycles. The van der Waals surface area contributed by atoms with Gasteiger partial charge in [-0.25, -0.2) is 0 Å². The van der Waals surface area contributed by atoms with Crippen LogP contribution in [0.5, 0.6) is 0 Å². The lowest BCUT2D eigenvalue weighted by atomic mass is 10.0. The zero-order valence-electron chi connectivity index (χ0n) is 9.70. The van der Waals surface area contributed by atoms with E-state index in [1.165, 1.54) is 19.3 Å². The molecule has 4 nitrogen and oxygen atoms in total. The van der Waals surface area contributed by atoms with Gasteiger partial charge in [-0.3, -0.25) is 9.69 Å². The number of likely N-dealkylation sites (N-methyl/N-ethyl adjacent to an activating group) is 1. The molecule has 2 unspecified atom stereocenters. The maximum Gasteiger partial charge on any atom is 0.320 e. The normalized spacial score (nSPS) is 24.1. The van der Waals surface area contributed by atoms with Crippen LogP contribution in [0.3, 0.4) is 0 Å². The van der Waals surface area contributed by atoms with Crippen LogP contribution < -0.4 is 5.32 Å². The summed E-state index contributed by atoms with van der Waals surface area (Å²) in [5.41, 5.74) is 0. The summed E-state index contributed by atoms with van der Waals surface area (Å²) in [5, 5.41) is 12.4. The van der Waals surface area contributed by atoms with E-state index in [2.05, 4.69) is 5.32 Å². The first-order chi connectivity index (χ1) is 7.15. The highest BCUT2D eigenvalue weighted by Crippen LogP contribution is 2.10. The fourth-order valence-electron chi connectivity index (χ4n) is 2.08. The highest BCUT2D eigenvalue weighted by Gasteiger charge is 2.23. The van der Waals surface area contributed by atoms with Crippen LogP contribution in [0.15, 0.2) is 0 Å². The molecule has 0 spiro atoms. The number of hydrogen-bond donors (Lipinski definition) is 2. The molecule has 15 heavy (non-hydrogen) atoms. The molecular formula is C11H22N2O2. The Labute approximate surface area is 91.6 Å². The minimum atomic E-state index is -0.729. The van der Waals surface area contributed by atoms with Gasteiger partial charge in [0, 0.05) is 12.6 Å². The van der Waals surface area contributed by atoms with Gasteiger partial charge < -0.3 is 10.4 Å². The highest BCUT2D eigenvalue weighted by atomic mass is 16.4. The Balaban J connectivity index is 2.41. The van der Waals surface area contributed by atoms with Crippen LogP contribution in [0.1, 0.15) is 33.1 Å². The molecule has 2 atom stereocenters. The minimum Gasteiger partial charge on any atom is -0.480 e. The van der Waals surface area contributed by atoms with Crippen LogP contribution in [0.25, 0.3) is 0 Å². The molecule has 0 amide bonds. The third kappa shape index (κ3) is 3.80. The Kier molecular flexibility index (Phi) is 5.05. The monoisotopic (exact) mass is 214 g/mol. The quantitative estimate of drug-likeness (QED) is 0.714. The molecule has 1 aliphatic rings. The van der Waals surface area contributed by atoms with E-state index in [0.717, 1.165) is 19.6 Å². The molecular weight excluding hydrogens is 192 g/mol. The van der Waals surface area contributed by atoms with Gasteiger partial charge in [-0.1, -0.05) is 13.3 Å². The lowest BCUT2D eigenvalue weighted by Crippen LogP contribution is -2.48. The van der Waals surface area contributed by atoms with Gasteiger partial charge in [-0.2, -0.15) is 0 Å². The van der Waals surface area contributed by atoms with Gasteiger partial charge in [-0.05, 0) is 32.9 Å². The summed E-state index contributed by atoms with van der Waals surface area (Å²) in [6.45, 7) is 6.50. The predicted octanol–water partition coefficient (Wildman–Crippen LogP) is 0.923. The van der Waals surface area contributed by atoms with Crippen molar-refractivity contribution in [2.24, 2.45) is 0 Å². The Morgan fingerprint density at radius 1 is 1.60 bits per heavy atom. The lowest BCUT2D eigenvalue weighted by Gasteiger charge is -2.31. The third-order valence-corrected chi connectivity index (χ3v) is 3.18. The van der Waals surface area contributed by atoms with Gasteiger partial charge in [0.25, 0.3) is 0 Å². The predicted molar refractivity (Wildman–Crippen MR) is 60.0 cm³/mol. The van der Waals surface area contributed by atoms with Crippen molar-refractivity contribution < 1.29 is 9.90 Å². The van der Waals surface area contributed by atoms with E-state index in [1.54, 1.807) is 6.92 Å². The molecule has 1 saturated heterocycles. The summed E-state index contributed by atoms with van der Waals surface area (Å²) >= 11 is 0. The molecule has 0 aromatic rings. The number of carboxylic acid groups (broad SMARTS) is 1. The van der Waals surface area contributed by atoms with E-state index >= 15 is 0 Å². The zero-order valence-corrected chi connectivity index (χ0v) is 9.70. The van der Waals surface area contributed by atoms with Crippen LogP contribution in [0.4, 0.5) is 0 Å². The number of nitrogens with zero attached hydrogens (tertiary/aromatic N) is 1. The average molecular weight is 214 g/mol. The molecule has 1 rings (SSSR count). The summed E-state index contributed by atoms with van der Waals surface area (Å²) in [5.74, 6) is -0.729. The second kappa shape index (κ2) is 6.08. The van der Waals surface area contributed by atoms with Crippen molar-refractivity contribution >= 4 is 5.97 Å². The van der Waals surface area contributed by atoms with Gasteiger partial charge >= 0.3 is 5.97 Å². The first-order valence-electron chi connectivity index (χ1n) is 5.85. The fourth-order valence-corrected chi connectivity index (χ4v) is 2.08. The first kappa shape index (κ1) is 12.5. The average Bonchev–Trinajstić information content (AvgIpc) is 2.26. The third-order valence-electron chi connectivity index (χ3n) is 3.18. The molecule has 0 radical (unpaired) electrons. The van der Waals surface area contributed by atoms with Crippen molar-refractivity contribution in [3.8, 4) is 0 Å². The topological polar surface area (TPSA) is 52.6 Å². The Bertz CT molecular complexity index is 203. The molecule has 88 valence electrons. The minimum absolute atomic E-state index is 0.376. The molecule has 0 aliphatic carbocycles. The summed E-state index contributed by atoms with van der Waals surface area (Å²) < 4.78 is 0. The number of aliphatic carboxylic acids is 1. The number of carboxylic acids is 1. The van der Waals surface area contributed by atoms with Gasteiger partial charge in [0.1, 0.15) is 6.04 Å². The maximum atomic E-state index is 10.9. The van der Waals surface area contributed by atoms with E-state index in [1.807, 2.05) is 11.8 Å². The Morgan fingerprint density at radius 3 is 2.80 bits per heavy atom. The first-order valence-corrected chi connectivity index (χ1v) is 5.85. The van der Waals surface area contributed by atoms with Crippen LogP contribution in [-0.2, 0) is 4.79 Å². The summed E-state index contributed by atoms with van der Waals surface area (Å²) in [6.07, 6.45) is 3.68. The number of hydrogen-bond acceptors (Lipinski definition) is 3. The molecule has 1 fully saturated rings. The standard InChI is InChI=1S/C11H22N2O2/c1-3-13(9(2)11(14)15)8-10-6-4-5-7-12-10/h9-10,12H,3-8H2,1-2H3,(H,14,15). The van der Waals surface area contributed by atoms with Gasteiger partial charge in [0.15, 0.2) is 0 Å². The summed E-state index contributed by atoms with van der Waals surface area (Å²) in [7, 11) is 0. The van der Waals surface area contributed by atoms with E-state index in [4.69, 9.17) is 5.11 Å². The molecule has 0 aromatic carbocycles. The maximum absolute atomic E-state index is 10.9. The van der Waals surface area contributed by atoms with Gasteiger partial charge in [-0.15, -0.1) is 0 Å². The van der Waals surface area contributed by atoms with E-state index in [0.29, 0.717) is 6.04 Å².